The van der Waals surface area contributed by atoms with Gasteiger partial charge < -0.3 is 5.73 Å². The lowest BCUT2D eigenvalue weighted by atomic mass is 10.3. The number of nitrogens with one attached hydrogen (secondary N) is 1. The van der Waals surface area contributed by atoms with Crippen molar-refractivity contribution >= 4 is 19.9 Å². The third-order valence-corrected chi connectivity index (χ3v) is 4.86. The van der Waals surface area contributed by atoms with Crippen LogP contribution in [0.4, 0.5) is 4.39 Å². The molecule has 0 aliphatic heterocycles. The quantitative estimate of drug-likeness (QED) is 0.567. The molecule has 1 aromatic rings. The van der Waals surface area contributed by atoms with Gasteiger partial charge in [0.15, 0.2) is 9.84 Å². The molecule has 0 radical (unpaired) electrons. The molecule has 0 saturated heterocycles. The maximum atomic E-state index is 13.6. The average Bonchev–Trinajstić information content (AvgIpc) is 2.33. The molecule has 0 aliphatic rings. The summed E-state index contributed by atoms with van der Waals surface area (Å²) in [5, 5.41) is 0. The van der Waals surface area contributed by atoms with Crippen LogP contribution in [0.3, 0.4) is 0 Å². The fourth-order valence-corrected chi connectivity index (χ4v) is 3.14. The second-order valence-electron chi connectivity index (χ2n) is 3.92. The van der Waals surface area contributed by atoms with Crippen molar-refractivity contribution in [2.24, 2.45) is 5.73 Å². The Bertz CT molecular complexity index is 712. The van der Waals surface area contributed by atoms with Crippen LogP contribution in [-0.2, 0) is 19.9 Å². The molecule has 0 amide bonds. The van der Waals surface area contributed by atoms with E-state index in [4.69, 9.17) is 5.73 Å². The molecule has 0 aliphatic carbocycles. The third-order valence-electron chi connectivity index (χ3n) is 2.31. The van der Waals surface area contributed by atoms with Gasteiger partial charge in [0.1, 0.15) is 10.7 Å². The highest BCUT2D eigenvalue weighted by Crippen LogP contribution is 2.19. The molecule has 6 nitrogen and oxygen atoms in total. The molecule has 0 aromatic heterocycles. The molecule has 0 fully saturated rings. The van der Waals surface area contributed by atoms with E-state index in [1.165, 1.54) is 12.2 Å². The maximum Gasteiger partial charge on any atom is 0.243 e. The van der Waals surface area contributed by atoms with E-state index < -0.39 is 30.6 Å². The van der Waals surface area contributed by atoms with Crippen LogP contribution in [0.2, 0.25) is 0 Å². The number of halogens is 1. The number of nitrogens with two attached hydrogens (primary N) is 1. The van der Waals surface area contributed by atoms with Gasteiger partial charge in [-0.15, -0.1) is 0 Å². The standard InChI is InChI=1S/C11H15FN2O4S2/c1-19(15,16)9-4-5-10(12)11(8-9)20(17,18)14-7-3-2-6-13/h2-5,8,14H,6-7,13H2,1H3/b3-2+. The largest absolute Gasteiger partial charge is 0.327 e. The Kier molecular flexibility index (Phi) is 5.40. The second-order valence-corrected chi connectivity index (χ2v) is 7.67. The molecule has 0 heterocycles. The molecule has 1 aromatic carbocycles. The molecular formula is C11H15FN2O4S2. The predicted octanol–water partition coefficient (Wildman–Crippen LogP) is 0.0224. The van der Waals surface area contributed by atoms with Crippen molar-refractivity contribution in [3.8, 4) is 0 Å². The monoisotopic (exact) mass is 322 g/mol. The summed E-state index contributed by atoms with van der Waals surface area (Å²) in [6.45, 7) is 0.182. The molecule has 0 atom stereocenters. The van der Waals surface area contributed by atoms with Gasteiger partial charge in [-0.05, 0) is 18.2 Å². The van der Waals surface area contributed by atoms with Crippen molar-refractivity contribution < 1.29 is 21.2 Å². The van der Waals surface area contributed by atoms with Crippen molar-refractivity contribution in [3.63, 3.8) is 0 Å². The maximum absolute atomic E-state index is 13.6. The van der Waals surface area contributed by atoms with E-state index in [0.717, 1.165) is 24.5 Å². The molecule has 0 bridgehead atoms. The van der Waals surface area contributed by atoms with E-state index in [9.17, 15) is 21.2 Å². The summed E-state index contributed by atoms with van der Waals surface area (Å²) in [6, 6.07) is 2.61. The summed E-state index contributed by atoms with van der Waals surface area (Å²) in [5.74, 6) is -1.02. The number of rotatable bonds is 6. The number of hydrogen-bond acceptors (Lipinski definition) is 5. The Labute approximate surface area is 117 Å². The van der Waals surface area contributed by atoms with E-state index >= 15 is 0 Å². The van der Waals surface area contributed by atoms with Crippen LogP contribution in [0.25, 0.3) is 0 Å². The Hall–Kier alpha value is -1.29. The first-order valence-corrected chi connectivity index (χ1v) is 8.90. The minimum atomic E-state index is -4.14. The predicted molar refractivity (Wildman–Crippen MR) is 72.9 cm³/mol. The van der Waals surface area contributed by atoms with Crippen LogP contribution in [0, 0.1) is 5.82 Å². The average molecular weight is 322 g/mol. The smallest absolute Gasteiger partial charge is 0.243 e. The zero-order valence-corrected chi connectivity index (χ0v) is 12.3. The number of sulfonamides is 1. The molecule has 3 N–H and O–H groups in total. The van der Waals surface area contributed by atoms with Gasteiger partial charge in [0.25, 0.3) is 0 Å². The van der Waals surface area contributed by atoms with Crippen molar-refractivity contribution in [1.82, 2.24) is 4.72 Å². The SMILES string of the molecule is CS(=O)(=O)c1ccc(F)c(S(=O)(=O)NC/C=C/CN)c1. The number of benzene rings is 1. The van der Waals surface area contributed by atoms with Crippen molar-refractivity contribution in [3.05, 3.63) is 36.2 Å². The summed E-state index contributed by atoms with van der Waals surface area (Å²) in [7, 11) is -7.76. The molecule has 112 valence electrons. The van der Waals surface area contributed by atoms with E-state index in [-0.39, 0.29) is 18.0 Å². The highest BCUT2D eigenvalue weighted by atomic mass is 32.2. The highest BCUT2D eigenvalue weighted by Gasteiger charge is 2.21. The summed E-state index contributed by atoms with van der Waals surface area (Å²) in [5.41, 5.74) is 5.19. The fraction of sp³-hybridized carbons (Fsp3) is 0.273. The van der Waals surface area contributed by atoms with Crippen molar-refractivity contribution in [2.75, 3.05) is 19.3 Å². The topological polar surface area (TPSA) is 106 Å². The van der Waals surface area contributed by atoms with Gasteiger partial charge in [-0.2, -0.15) is 0 Å². The van der Waals surface area contributed by atoms with Crippen molar-refractivity contribution in [1.29, 1.82) is 0 Å². The lowest BCUT2D eigenvalue weighted by Gasteiger charge is -2.07. The summed E-state index contributed by atoms with van der Waals surface area (Å²) in [4.78, 5) is -0.974. The molecule has 20 heavy (non-hydrogen) atoms. The fourth-order valence-electron chi connectivity index (χ4n) is 1.34. The Morgan fingerprint density at radius 2 is 1.90 bits per heavy atom. The lowest BCUT2D eigenvalue weighted by Crippen LogP contribution is -2.25. The normalized spacial score (nSPS) is 12.9. The molecule has 0 saturated carbocycles. The molecule has 0 unspecified atom stereocenters. The van der Waals surface area contributed by atoms with Gasteiger partial charge in [0.2, 0.25) is 10.0 Å². The second kappa shape index (κ2) is 6.44. The lowest BCUT2D eigenvalue weighted by molar-refractivity contribution is 0.557. The third kappa shape index (κ3) is 4.37. The van der Waals surface area contributed by atoms with Gasteiger partial charge in [-0.3, -0.25) is 0 Å². The summed E-state index contributed by atoms with van der Waals surface area (Å²) >= 11 is 0. The molecule has 0 spiro atoms. The first kappa shape index (κ1) is 16.8. The Morgan fingerprint density at radius 3 is 2.45 bits per heavy atom. The van der Waals surface area contributed by atoms with E-state index in [0.29, 0.717) is 0 Å². The summed E-state index contributed by atoms with van der Waals surface area (Å²) in [6.07, 6.45) is 3.91. The van der Waals surface area contributed by atoms with Crippen LogP contribution >= 0.6 is 0 Å². The molecular weight excluding hydrogens is 307 g/mol. The van der Waals surface area contributed by atoms with Crippen LogP contribution in [0.15, 0.2) is 40.1 Å². The zero-order valence-electron chi connectivity index (χ0n) is 10.7. The van der Waals surface area contributed by atoms with Gasteiger partial charge in [0.05, 0.1) is 4.90 Å². The van der Waals surface area contributed by atoms with E-state index in [1.54, 1.807) is 0 Å². The van der Waals surface area contributed by atoms with Gasteiger partial charge in [-0.25, -0.2) is 25.9 Å². The van der Waals surface area contributed by atoms with Crippen molar-refractivity contribution in [2.45, 2.75) is 9.79 Å². The van der Waals surface area contributed by atoms with Gasteiger partial charge in [-0.1, -0.05) is 12.2 Å². The Morgan fingerprint density at radius 1 is 1.25 bits per heavy atom. The number of sulfone groups is 1. The van der Waals surface area contributed by atoms with Crippen LogP contribution < -0.4 is 10.5 Å². The molecule has 9 heteroatoms. The summed E-state index contributed by atoms with van der Waals surface area (Å²) < 4.78 is 62.2. The number of hydrogen-bond donors (Lipinski definition) is 2. The minimum Gasteiger partial charge on any atom is -0.327 e. The zero-order chi connectivity index (χ0) is 15.4. The van der Waals surface area contributed by atoms with E-state index in [1.807, 2.05) is 0 Å². The molecule has 1 rings (SSSR count). The van der Waals surface area contributed by atoms with Gasteiger partial charge in [0, 0.05) is 19.3 Å². The first-order chi connectivity index (χ1) is 9.18. The van der Waals surface area contributed by atoms with E-state index in [2.05, 4.69) is 4.72 Å². The highest BCUT2D eigenvalue weighted by molar-refractivity contribution is 7.91. The Balaban J connectivity index is 3.15. The van der Waals surface area contributed by atoms with Crippen LogP contribution in [0.5, 0.6) is 0 Å². The van der Waals surface area contributed by atoms with Crippen LogP contribution in [-0.4, -0.2) is 36.2 Å². The first-order valence-electron chi connectivity index (χ1n) is 5.53. The minimum absolute atomic E-state index is 0.0674. The van der Waals surface area contributed by atoms with Crippen LogP contribution in [0.1, 0.15) is 0 Å². The van der Waals surface area contributed by atoms with Gasteiger partial charge >= 0.3 is 0 Å².